The van der Waals surface area contributed by atoms with Gasteiger partial charge in [0.05, 0.1) is 18.8 Å². The fourth-order valence-corrected chi connectivity index (χ4v) is 2.74. The summed E-state index contributed by atoms with van der Waals surface area (Å²) in [6, 6.07) is 3.18. The average Bonchev–Trinajstić information content (AvgIpc) is 3.06. The van der Waals surface area contributed by atoms with Crippen LogP contribution in [0.4, 0.5) is 13.2 Å². The van der Waals surface area contributed by atoms with Crippen LogP contribution in [0.1, 0.15) is 17.5 Å². The molecule has 0 N–H and O–H groups in total. The van der Waals surface area contributed by atoms with Crippen molar-refractivity contribution in [2.45, 2.75) is 26.2 Å². The first-order valence-electron chi connectivity index (χ1n) is 8.20. The number of hydrogen-bond donors (Lipinski definition) is 0. The third-order valence-corrected chi connectivity index (χ3v) is 4.16. The highest BCUT2D eigenvalue weighted by Gasteiger charge is 2.38. The van der Waals surface area contributed by atoms with Crippen LogP contribution in [0.25, 0.3) is 0 Å². The number of hydrogen-bond acceptors (Lipinski definition) is 7. The summed E-state index contributed by atoms with van der Waals surface area (Å²) in [7, 11) is 0. The Morgan fingerprint density at radius 3 is 2.42 bits per heavy atom. The zero-order valence-corrected chi connectivity index (χ0v) is 14.2. The van der Waals surface area contributed by atoms with Crippen LogP contribution in [-0.4, -0.2) is 62.5 Å². The molecule has 0 spiro atoms. The van der Waals surface area contributed by atoms with Gasteiger partial charge in [-0.05, 0) is 13.0 Å². The molecule has 2 aromatic heterocycles. The molecular formula is C15H19F3N6O2. The second-order valence-electron chi connectivity index (χ2n) is 6.15. The van der Waals surface area contributed by atoms with Crippen molar-refractivity contribution in [2.75, 3.05) is 32.7 Å². The quantitative estimate of drug-likeness (QED) is 0.767. The van der Waals surface area contributed by atoms with E-state index in [-0.39, 0.29) is 18.0 Å². The van der Waals surface area contributed by atoms with Crippen molar-refractivity contribution >= 4 is 0 Å². The van der Waals surface area contributed by atoms with Gasteiger partial charge in [-0.3, -0.25) is 14.6 Å². The molecule has 1 saturated heterocycles. The van der Waals surface area contributed by atoms with E-state index in [1.807, 2.05) is 11.8 Å². The van der Waals surface area contributed by atoms with Gasteiger partial charge in [0.1, 0.15) is 0 Å². The van der Waals surface area contributed by atoms with Gasteiger partial charge in [-0.15, -0.1) is 10.2 Å². The van der Waals surface area contributed by atoms with Crippen molar-refractivity contribution in [2.24, 2.45) is 0 Å². The van der Waals surface area contributed by atoms with Gasteiger partial charge in [-0.2, -0.15) is 18.3 Å². The Morgan fingerprint density at radius 1 is 1.08 bits per heavy atom. The van der Waals surface area contributed by atoms with E-state index in [1.165, 1.54) is 10.7 Å². The summed E-state index contributed by atoms with van der Waals surface area (Å²) in [6.45, 7) is 6.01. The summed E-state index contributed by atoms with van der Waals surface area (Å²) in [6.07, 6.45) is -4.62. The van der Waals surface area contributed by atoms with E-state index in [4.69, 9.17) is 0 Å². The molecule has 0 unspecified atom stereocenters. The predicted octanol–water partition coefficient (Wildman–Crippen LogP) is 0.771. The number of alkyl halides is 3. The molecule has 11 heteroatoms. The van der Waals surface area contributed by atoms with E-state index in [0.717, 1.165) is 18.8 Å². The number of rotatable bonds is 5. The molecule has 2 aromatic rings. The van der Waals surface area contributed by atoms with Crippen LogP contribution in [0, 0.1) is 6.92 Å². The van der Waals surface area contributed by atoms with Gasteiger partial charge in [-0.25, -0.2) is 4.68 Å². The minimum absolute atomic E-state index is 0.0405. The molecule has 1 aliphatic heterocycles. The van der Waals surface area contributed by atoms with Gasteiger partial charge in [0.25, 0.3) is 5.56 Å². The van der Waals surface area contributed by atoms with Crippen LogP contribution in [0.15, 0.2) is 21.3 Å². The molecule has 0 aromatic carbocycles. The molecular weight excluding hydrogens is 353 g/mol. The lowest BCUT2D eigenvalue weighted by atomic mass is 10.3. The highest BCUT2D eigenvalue weighted by atomic mass is 19.4. The summed E-state index contributed by atoms with van der Waals surface area (Å²) in [5.74, 6) is -1.36. The summed E-state index contributed by atoms with van der Waals surface area (Å²) in [5, 5.41) is 10.7. The Bertz CT molecular complexity index is 795. The minimum atomic E-state index is -4.62. The second kappa shape index (κ2) is 7.54. The fraction of sp³-hybridized carbons (Fsp3) is 0.600. The van der Waals surface area contributed by atoms with E-state index in [2.05, 4.69) is 24.6 Å². The Balaban J connectivity index is 1.46. The largest absolute Gasteiger partial charge is 0.470 e. The van der Waals surface area contributed by atoms with E-state index >= 15 is 0 Å². The molecule has 8 nitrogen and oxygen atoms in total. The summed E-state index contributed by atoms with van der Waals surface area (Å²) in [5.41, 5.74) is 0.651. The van der Waals surface area contributed by atoms with Gasteiger partial charge in [0.15, 0.2) is 0 Å². The Labute approximate surface area is 147 Å². The van der Waals surface area contributed by atoms with E-state index in [0.29, 0.717) is 26.2 Å². The Kier molecular flexibility index (Phi) is 5.37. The predicted molar refractivity (Wildman–Crippen MR) is 84.3 cm³/mol. The third kappa shape index (κ3) is 4.67. The molecule has 1 fully saturated rings. The molecule has 0 saturated carbocycles. The SMILES string of the molecule is Cc1ccc(=O)n(CCN2CCN(Cc3nnc(C(F)(F)F)o3)CC2)n1. The molecule has 0 bridgehead atoms. The first kappa shape index (κ1) is 18.5. The van der Waals surface area contributed by atoms with Crippen LogP contribution in [0.5, 0.6) is 0 Å². The monoisotopic (exact) mass is 372 g/mol. The van der Waals surface area contributed by atoms with Gasteiger partial charge in [0.2, 0.25) is 5.89 Å². The highest BCUT2D eigenvalue weighted by Crippen LogP contribution is 2.27. The third-order valence-electron chi connectivity index (χ3n) is 4.16. The van der Waals surface area contributed by atoms with Crippen LogP contribution >= 0.6 is 0 Å². The van der Waals surface area contributed by atoms with Gasteiger partial charge in [0, 0.05) is 38.8 Å². The maximum absolute atomic E-state index is 12.5. The molecule has 3 heterocycles. The van der Waals surface area contributed by atoms with E-state index in [9.17, 15) is 18.0 Å². The van der Waals surface area contributed by atoms with Crippen molar-refractivity contribution in [3.05, 3.63) is 40.0 Å². The summed E-state index contributed by atoms with van der Waals surface area (Å²) >= 11 is 0. The van der Waals surface area contributed by atoms with Crippen molar-refractivity contribution in [1.29, 1.82) is 0 Å². The van der Waals surface area contributed by atoms with Crippen LogP contribution < -0.4 is 5.56 Å². The van der Waals surface area contributed by atoms with Crippen LogP contribution in [0.3, 0.4) is 0 Å². The zero-order valence-electron chi connectivity index (χ0n) is 14.2. The van der Waals surface area contributed by atoms with Crippen molar-refractivity contribution in [1.82, 2.24) is 29.8 Å². The number of nitrogens with zero attached hydrogens (tertiary/aromatic N) is 6. The number of piperazine rings is 1. The topological polar surface area (TPSA) is 80.3 Å². The zero-order chi connectivity index (χ0) is 18.7. The number of aromatic nitrogens is 4. The van der Waals surface area contributed by atoms with Crippen molar-refractivity contribution < 1.29 is 17.6 Å². The van der Waals surface area contributed by atoms with Gasteiger partial charge < -0.3 is 4.42 Å². The number of aryl methyl sites for hydroxylation is 1. The molecule has 26 heavy (non-hydrogen) atoms. The first-order chi connectivity index (χ1) is 12.3. The van der Waals surface area contributed by atoms with Crippen LogP contribution in [-0.2, 0) is 19.3 Å². The average molecular weight is 372 g/mol. The lowest BCUT2D eigenvalue weighted by molar-refractivity contribution is -0.157. The standard InChI is InChI=1S/C15H19F3N6O2/c1-11-2-3-13(25)24(21-11)9-8-22-4-6-23(7-5-22)10-12-19-20-14(26-12)15(16,17)18/h2-3H,4-10H2,1H3. The van der Waals surface area contributed by atoms with Crippen molar-refractivity contribution in [3.63, 3.8) is 0 Å². The van der Waals surface area contributed by atoms with Gasteiger partial charge >= 0.3 is 12.1 Å². The maximum Gasteiger partial charge on any atom is 0.470 e. The lowest BCUT2D eigenvalue weighted by Gasteiger charge is -2.33. The molecule has 3 rings (SSSR count). The molecule has 1 aliphatic rings. The maximum atomic E-state index is 12.5. The lowest BCUT2D eigenvalue weighted by Crippen LogP contribution is -2.47. The smallest absolute Gasteiger partial charge is 0.416 e. The van der Waals surface area contributed by atoms with Gasteiger partial charge in [-0.1, -0.05) is 0 Å². The van der Waals surface area contributed by atoms with E-state index < -0.39 is 12.1 Å². The summed E-state index contributed by atoms with van der Waals surface area (Å²) in [4.78, 5) is 15.9. The molecule has 0 aliphatic carbocycles. The normalized spacial score (nSPS) is 16.9. The fourth-order valence-electron chi connectivity index (χ4n) is 2.74. The van der Waals surface area contributed by atoms with E-state index in [1.54, 1.807) is 6.07 Å². The molecule has 0 atom stereocenters. The van der Waals surface area contributed by atoms with Crippen molar-refractivity contribution in [3.8, 4) is 0 Å². The highest BCUT2D eigenvalue weighted by molar-refractivity contribution is 4.97. The summed E-state index contributed by atoms with van der Waals surface area (Å²) < 4.78 is 43.5. The second-order valence-corrected chi connectivity index (χ2v) is 6.15. The Hall–Kier alpha value is -2.27. The molecule has 142 valence electrons. The first-order valence-corrected chi connectivity index (χ1v) is 8.20. The molecule has 0 amide bonds. The number of halogens is 3. The van der Waals surface area contributed by atoms with Crippen LogP contribution in [0.2, 0.25) is 0 Å². The molecule has 0 radical (unpaired) electrons. The minimum Gasteiger partial charge on any atom is -0.416 e. The Morgan fingerprint density at radius 2 is 1.77 bits per heavy atom.